The summed E-state index contributed by atoms with van der Waals surface area (Å²) in [4.78, 5) is 21.5. The zero-order chi connectivity index (χ0) is 10.8. The minimum atomic E-state index is -0.686. The van der Waals surface area contributed by atoms with Crippen LogP contribution in [0, 0.1) is 6.92 Å². The zero-order valence-electron chi connectivity index (χ0n) is 8.14. The van der Waals surface area contributed by atoms with E-state index in [-0.39, 0.29) is 6.47 Å². The first-order valence-electron chi connectivity index (χ1n) is 4.45. The van der Waals surface area contributed by atoms with Gasteiger partial charge in [0.05, 0.1) is 5.52 Å². The van der Waals surface area contributed by atoms with Crippen molar-refractivity contribution in [3.05, 3.63) is 36.0 Å². The first-order chi connectivity index (χ1) is 7.24. The van der Waals surface area contributed by atoms with E-state index in [4.69, 9.17) is 0 Å². The van der Waals surface area contributed by atoms with Crippen molar-refractivity contribution in [2.75, 3.05) is 0 Å². The molecule has 15 heavy (non-hydrogen) atoms. The molecule has 0 saturated carbocycles. The number of aromatic nitrogens is 1. The van der Waals surface area contributed by atoms with Crippen molar-refractivity contribution in [3.8, 4) is 0 Å². The van der Waals surface area contributed by atoms with Crippen molar-refractivity contribution in [2.45, 2.75) is 6.92 Å². The number of hydrogen-bond donors (Lipinski definition) is 0. The van der Waals surface area contributed by atoms with E-state index in [1.807, 2.05) is 25.1 Å². The second-order valence-corrected chi connectivity index (χ2v) is 3.18. The molecule has 0 radical (unpaired) electrons. The van der Waals surface area contributed by atoms with Gasteiger partial charge in [0.2, 0.25) is 0 Å². The van der Waals surface area contributed by atoms with Crippen LogP contribution < -0.4 is 0 Å². The van der Waals surface area contributed by atoms with E-state index >= 15 is 0 Å². The summed E-state index contributed by atoms with van der Waals surface area (Å²) in [5.41, 5.74) is 1.73. The fourth-order valence-electron chi connectivity index (χ4n) is 1.62. The molecule has 2 aromatic rings. The summed E-state index contributed by atoms with van der Waals surface area (Å²) >= 11 is 0. The molecule has 1 heterocycles. The Balaban J connectivity index is 2.62. The molecule has 1 aromatic carbocycles. The summed E-state index contributed by atoms with van der Waals surface area (Å²) in [7, 11) is 0. The molecule has 0 aliphatic heterocycles. The van der Waals surface area contributed by atoms with Gasteiger partial charge in [0, 0.05) is 11.6 Å². The van der Waals surface area contributed by atoms with Crippen molar-refractivity contribution in [1.82, 2.24) is 4.57 Å². The first kappa shape index (κ1) is 9.45. The van der Waals surface area contributed by atoms with Crippen LogP contribution in [-0.2, 0) is 9.53 Å². The average Bonchev–Trinajstić information content (AvgIpc) is 2.63. The van der Waals surface area contributed by atoms with Crippen LogP contribution in [0.4, 0.5) is 4.79 Å². The Morgan fingerprint density at radius 1 is 1.40 bits per heavy atom. The van der Waals surface area contributed by atoms with Crippen molar-refractivity contribution in [1.29, 1.82) is 0 Å². The minimum Gasteiger partial charge on any atom is -0.378 e. The highest BCUT2D eigenvalue weighted by atomic mass is 16.6. The molecule has 4 nitrogen and oxygen atoms in total. The number of benzene rings is 1. The van der Waals surface area contributed by atoms with Crippen LogP contribution in [0.1, 0.15) is 5.56 Å². The number of para-hydroxylation sites is 1. The maximum absolute atomic E-state index is 11.4. The predicted molar refractivity (Wildman–Crippen MR) is 54.6 cm³/mol. The second kappa shape index (κ2) is 3.57. The number of ether oxygens (including phenoxy) is 1. The molecule has 0 saturated heterocycles. The Bertz CT molecular complexity index is 528. The molecule has 0 atom stereocenters. The molecule has 76 valence electrons. The highest BCUT2D eigenvalue weighted by molar-refractivity contribution is 5.92. The molecular formula is C11H9NO3. The maximum Gasteiger partial charge on any atom is 0.426 e. The number of rotatable bonds is 1. The van der Waals surface area contributed by atoms with E-state index in [0.29, 0.717) is 0 Å². The number of nitrogens with zero attached hydrogens (tertiary/aromatic N) is 1. The Labute approximate surface area is 86.1 Å². The number of aryl methyl sites for hydroxylation is 1. The average molecular weight is 203 g/mol. The summed E-state index contributed by atoms with van der Waals surface area (Å²) in [6.07, 6.45) is 0.901. The molecule has 0 amide bonds. The Hall–Kier alpha value is -2.10. The third-order valence-electron chi connectivity index (χ3n) is 2.26. The van der Waals surface area contributed by atoms with E-state index in [1.54, 1.807) is 12.3 Å². The van der Waals surface area contributed by atoms with E-state index < -0.39 is 6.09 Å². The van der Waals surface area contributed by atoms with Gasteiger partial charge in [-0.15, -0.1) is 0 Å². The summed E-state index contributed by atoms with van der Waals surface area (Å²) in [6.45, 7) is 2.03. The Morgan fingerprint density at radius 2 is 2.20 bits per heavy atom. The lowest BCUT2D eigenvalue weighted by Crippen LogP contribution is -2.11. The largest absolute Gasteiger partial charge is 0.426 e. The van der Waals surface area contributed by atoms with Crippen LogP contribution in [0.15, 0.2) is 30.5 Å². The van der Waals surface area contributed by atoms with Gasteiger partial charge in [-0.1, -0.05) is 18.2 Å². The van der Waals surface area contributed by atoms with E-state index in [2.05, 4.69) is 4.74 Å². The lowest BCUT2D eigenvalue weighted by molar-refractivity contribution is -0.123. The van der Waals surface area contributed by atoms with Crippen LogP contribution in [0.25, 0.3) is 10.9 Å². The number of fused-ring (bicyclic) bond motifs is 1. The second-order valence-electron chi connectivity index (χ2n) is 3.18. The van der Waals surface area contributed by atoms with Gasteiger partial charge in [-0.25, -0.2) is 4.79 Å². The molecule has 1 aromatic heterocycles. The monoisotopic (exact) mass is 203 g/mol. The molecule has 0 unspecified atom stereocenters. The van der Waals surface area contributed by atoms with E-state index in [0.717, 1.165) is 16.5 Å². The van der Waals surface area contributed by atoms with Crippen molar-refractivity contribution in [3.63, 3.8) is 0 Å². The molecule has 0 fully saturated rings. The number of carbonyl (C=O) groups excluding carboxylic acids is 2. The van der Waals surface area contributed by atoms with Gasteiger partial charge in [0.1, 0.15) is 0 Å². The maximum atomic E-state index is 11.4. The van der Waals surface area contributed by atoms with Gasteiger partial charge in [0.15, 0.2) is 0 Å². The molecule has 0 N–H and O–H groups in total. The van der Waals surface area contributed by atoms with Gasteiger partial charge < -0.3 is 4.74 Å². The van der Waals surface area contributed by atoms with E-state index in [1.165, 1.54) is 4.57 Å². The topological polar surface area (TPSA) is 48.3 Å². The molecule has 2 rings (SSSR count). The smallest absolute Gasteiger partial charge is 0.378 e. The molecule has 0 aliphatic rings. The quantitative estimate of drug-likeness (QED) is 0.526. The molecule has 0 aliphatic carbocycles. The first-order valence-corrected chi connectivity index (χ1v) is 4.45. The van der Waals surface area contributed by atoms with Crippen LogP contribution in [-0.4, -0.2) is 17.1 Å². The van der Waals surface area contributed by atoms with Crippen molar-refractivity contribution >= 4 is 23.5 Å². The predicted octanol–water partition coefficient (Wildman–Crippen LogP) is 2.09. The zero-order valence-corrected chi connectivity index (χ0v) is 8.14. The summed E-state index contributed by atoms with van der Waals surface area (Å²) in [5, 5.41) is 0.942. The standard InChI is InChI=1S/C11H9NO3/c1-8-3-2-4-9-5-6-12(10(8)9)11(14)15-7-13/h2-7H,1H3. The SMILES string of the molecule is Cc1cccc2ccn(C(=O)OC=O)c12. The molecule has 0 spiro atoms. The van der Waals surface area contributed by atoms with Crippen LogP contribution >= 0.6 is 0 Å². The lowest BCUT2D eigenvalue weighted by Gasteiger charge is -2.03. The molecule has 4 heteroatoms. The van der Waals surface area contributed by atoms with Gasteiger partial charge >= 0.3 is 12.6 Å². The number of hydrogen-bond acceptors (Lipinski definition) is 3. The lowest BCUT2D eigenvalue weighted by atomic mass is 10.2. The van der Waals surface area contributed by atoms with Crippen LogP contribution in [0.2, 0.25) is 0 Å². The van der Waals surface area contributed by atoms with Crippen molar-refractivity contribution < 1.29 is 14.3 Å². The number of carbonyl (C=O) groups is 2. The highest BCUT2D eigenvalue weighted by Gasteiger charge is 2.10. The van der Waals surface area contributed by atoms with Gasteiger partial charge in [-0.2, -0.15) is 0 Å². The van der Waals surface area contributed by atoms with Gasteiger partial charge in [-0.05, 0) is 18.6 Å². The third-order valence-corrected chi connectivity index (χ3v) is 2.26. The fourth-order valence-corrected chi connectivity index (χ4v) is 1.62. The van der Waals surface area contributed by atoms with E-state index in [9.17, 15) is 9.59 Å². The van der Waals surface area contributed by atoms with Crippen molar-refractivity contribution in [2.24, 2.45) is 0 Å². The molecule has 0 bridgehead atoms. The Morgan fingerprint density at radius 3 is 2.93 bits per heavy atom. The normalized spacial score (nSPS) is 10.2. The molecular weight excluding hydrogens is 194 g/mol. The highest BCUT2D eigenvalue weighted by Crippen LogP contribution is 2.19. The third kappa shape index (κ3) is 1.50. The van der Waals surface area contributed by atoms with Gasteiger partial charge in [-0.3, -0.25) is 9.36 Å². The Kier molecular flexibility index (Phi) is 2.25. The van der Waals surface area contributed by atoms with Crippen LogP contribution in [0.3, 0.4) is 0 Å². The summed E-state index contributed by atoms with van der Waals surface area (Å²) in [5.74, 6) is 0. The van der Waals surface area contributed by atoms with Gasteiger partial charge in [0.25, 0.3) is 0 Å². The van der Waals surface area contributed by atoms with Crippen LogP contribution in [0.5, 0.6) is 0 Å². The summed E-state index contributed by atoms with van der Waals surface area (Å²) < 4.78 is 5.61. The summed E-state index contributed by atoms with van der Waals surface area (Å²) in [6, 6.07) is 7.50. The fraction of sp³-hybridized carbons (Fsp3) is 0.0909. The minimum absolute atomic E-state index is 0.131.